The van der Waals surface area contributed by atoms with Gasteiger partial charge in [0.15, 0.2) is 0 Å². The monoisotopic (exact) mass is 295 g/mol. The third-order valence-corrected chi connectivity index (χ3v) is 4.34. The van der Waals surface area contributed by atoms with Crippen molar-refractivity contribution in [3.05, 3.63) is 16.6 Å². The molecule has 0 bridgehead atoms. The minimum absolute atomic E-state index is 0.172. The summed E-state index contributed by atoms with van der Waals surface area (Å²) in [5.74, 6) is -1.55. The number of aryl methyl sites for hydroxylation is 2. The van der Waals surface area contributed by atoms with Crippen LogP contribution in [-0.2, 0) is 11.8 Å². The Morgan fingerprint density at radius 1 is 1.45 bits per heavy atom. The van der Waals surface area contributed by atoms with Crippen LogP contribution in [0.3, 0.4) is 0 Å². The molecule has 0 saturated heterocycles. The summed E-state index contributed by atoms with van der Waals surface area (Å²) in [5, 5.41) is 16.9. The van der Waals surface area contributed by atoms with Gasteiger partial charge < -0.3 is 10.4 Å². The molecule has 1 atom stereocenters. The van der Waals surface area contributed by atoms with Crippen LogP contribution in [0.15, 0.2) is 6.07 Å². The number of carboxylic acid groups (broad SMARTS) is 1. The molecule has 2 aromatic rings. The van der Waals surface area contributed by atoms with Crippen LogP contribution in [0.4, 0.5) is 0 Å². The summed E-state index contributed by atoms with van der Waals surface area (Å²) in [7, 11) is 1.82. The van der Waals surface area contributed by atoms with Crippen molar-refractivity contribution in [1.29, 1.82) is 0 Å². The Hall–Kier alpha value is -1.89. The minimum atomic E-state index is -1.02. The molecule has 7 heteroatoms. The van der Waals surface area contributed by atoms with E-state index in [0.29, 0.717) is 4.88 Å². The second-order valence-corrected chi connectivity index (χ2v) is 6.10. The first-order valence-electron chi connectivity index (χ1n) is 6.28. The second-order valence-electron chi connectivity index (χ2n) is 5.07. The highest BCUT2D eigenvalue weighted by Crippen LogP contribution is 2.27. The number of thiophene rings is 1. The lowest BCUT2D eigenvalue weighted by Gasteiger charge is -2.17. The quantitative estimate of drug-likeness (QED) is 0.900. The lowest BCUT2D eigenvalue weighted by Crippen LogP contribution is -2.44. The minimum Gasteiger partial charge on any atom is -0.480 e. The molecular formula is C13H17N3O3S. The van der Waals surface area contributed by atoms with E-state index in [-0.39, 0.29) is 11.8 Å². The summed E-state index contributed by atoms with van der Waals surface area (Å²) >= 11 is 1.31. The zero-order chi connectivity index (χ0) is 15.0. The number of hydrogen-bond acceptors (Lipinski definition) is 4. The predicted molar refractivity (Wildman–Crippen MR) is 77.1 cm³/mol. The number of carboxylic acids is 1. The molecular weight excluding hydrogens is 278 g/mol. The maximum Gasteiger partial charge on any atom is 0.326 e. The predicted octanol–water partition coefficient (Wildman–Crippen LogP) is 1.78. The normalized spacial score (nSPS) is 12.8. The summed E-state index contributed by atoms with van der Waals surface area (Å²) < 4.78 is 1.73. The van der Waals surface area contributed by atoms with Crippen LogP contribution in [0.1, 0.15) is 29.2 Å². The third kappa shape index (κ3) is 2.53. The van der Waals surface area contributed by atoms with Crippen molar-refractivity contribution < 1.29 is 14.7 Å². The maximum absolute atomic E-state index is 12.2. The van der Waals surface area contributed by atoms with E-state index in [1.165, 1.54) is 11.3 Å². The summed E-state index contributed by atoms with van der Waals surface area (Å²) in [6.45, 7) is 5.40. The van der Waals surface area contributed by atoms with Crippen LogP contribution < -0.4 is 5.32 Å². The maximum atomic E-state index is 12.2. The first kappa shape index (κ1) is 14.5. The standard InChI is InChI=1S/C13H17N3O3S/c1-6(2)10(13(18)19)14-11(17)9-5-8-7(3)15-16(4)12(8)20-9/h5-6,10H,1-4H3,(H,14,17)(H,18,19)/t10-/m0/s1. The molecule has 0 fully saturated rings. The molecule has 1 amide bonds. The smallest absolute Gasteiger partial charge is 0.326 e. The molecule has 0 aromatic carbocycles. The van der Waals surface area contributed by atoms with Crippen LogP contribution in [0.5, 0.6) is 0 Å². The summed E-state index contributed by atoms with van der Waals surface area (Å²) in [4.78, 5) is 24.7. The number of nitrogens with one attached hydrogen (secondary N) is 1. The van der Waals surface area contributed by atoms with Gasteiger partial charge >= 0.3 is 5.97 Å². The number of carbonyl (C=O) groups excluding carboxylic acids is 1. The second kappa shape index (κ2) is 5.24. The SMILES string of the molecule is Cc1nn(C)c2sc(C(=O)N[C@H](C(=O)O)C(C)C)cc12. The van der Waals surface area contributed by atoms with Crippen LogP contribution in [-0.4, -0.2) is 32.8 Å². The number of amides is 1. The fourth-order valence-corrected chi connectivity index (χ4v) is 3.07. The molecule has 2 rings (SSSR count). The van der Waals surface area contributed by atoms with Gasteiger partial charge in [-0.3, -0.25) is 9.48 Å². The molecule has 2 heterocycles. The van der Waals surface area contributed by atoms with Crippen LogP contribution in [0, 0.1) is 12.8 Å². The molecule has 0 aliphatic rings. The Labute approximate surface area is 120 Å². The topological polar surface area (TPSA) is 84.2 Å². The van der Waals surface area contributed by atoms with Crippen molar-refractivity contribution in [2.75, 3.05) is 0 Å². The molecule has 0 unspecified atom stereocenters. The van der Waals surface area contributed by atoms with Gasteiger partial charge in [0.1, 0.15) is 10.9 Å². The Kier molecular flexibility index (Phi) is 3.80. The van der Waals surface area contributed by atoms with Gasteiger partial charge in [-0.25, -0.2) is 4.79 Å². The number of aromatic nitrogens is 2. The number of fused-ring (bicyclic) bond motifs is 1. The molecule has 2 N–H and O–H groups in total. The summed E-state index contributed by atoms with van der Waals surface area (Å²) in [6.07, 6.45) is 0. The van der Waals surface area contributed by atoms with Gasteiger partial charge in [-0.1, -0.05) is 13.8 Å². The Morgan fingerprint density at radius 2 is 2.10 bits per heavy atom. The lowest BCUT2D eigenvalue weighted by molar-refractivity contribution is -0.140. The zero-order valence-electron chi connectivity index (χ0n) is 11.8. The van der Waals surface area contributed by atoms with E-state index >= 15 is 0 Å². The van der Waals surface area contributed by atoms with Crippen LogP contribution in [0.25, 0.3) is 10.2 Å². The van der Waals surface area contributed by atoms with Gasteiger partial charge in [-0.05, 0) is 18.9 Å². The number of aliphatic carboxylic acids is 1. The molecule has 6 nitrogen and oxygen atoms in total. The van der Waals surface area contributed by atoms with Crippen molar-refractivity contribution in [3.8, 4) is 0 Å². The number of nitrogens with zero attached hydrogens (tertiary/aromatic N) is 2. The van der Waals surface area contributed by atoms with E-state index in [9.17, 15) is 9.59 Å². The van der Waals surface area contributed by atoms with Crippen molar-refractivity contribution in [2.45, 2.75) is 26.8 Å². The van der Waals surface area contributed by atoms with Crippen molar-refractivity contribution >= 4 is 33.4 Å². The fraction of sp³-hybridized carbons (Fsp3) is 0.462. The first-order valence-corrected chi connectivity index (χ1v) is 7.09. The average Bonchev–Trinajstić information content (AvgIpc) is 2.88. The number of carbonyl (C=O) groups is 2. The molecule has 0 aliphatic carbocycles. The molecule has 20 heavy (non-hydrogen) atoms. The highest BCUT2D eigenvalue weighted by Gasteiger charge is 2.25. The van der Waals surface area contributed by atoms with Crippen LogP contribution >= 0.6 is 11.3 Å². The molecule has 108 valence electrons. The van der Waals surface area contributed by atoms with E-state index in [1.54, 1.807) is 24.6 Å². The van der Waals surface area contributed by atoms with Crippen molar-refractivity contribution in [2.24, 2.45) is 13.0 Å². The third-order valence-electron chi connectivity index (χ3n) is 3.14. The van der Waals surface area contributed by atoms with Gasteiger partial charge in [0.05, 0.1) is 10.6 Å². The summed E-state index contributed by atoms with van der Waals surface area (Å²) in [6, 6.07) is 0.878. The molecule has 0 radical (unpaired) electrons. The average molecular weight is 295 g/mol. The van der Waals surface area contributed by atoms with Gasteiger partial charge in [0.25, 0.3) is 5.91 Å². The molecule has 0 spiro atoms. The molecule has 2 aromatic heterocycles. The van der Waals surface area contributed by atoms with Gasteiger partial charge in [-0.2, -0.15) is 5.10 Å². The largest absolute Gasteiger partial charge is 0.480 e. The zero-order valence-corrected chi connectivity index (χ0v) is 12.6. The fourth-order valence-electron chi connectivity index (χ4n) is 2.04. The van der Waals surface area contributed by atoms with E-state index < -0.39 is 12.0 Å². The van der Waals surface area contributed by atoms with E-state index in [1.807, 2.05) is 14.0 Å². The summed E-state index contributed by atoms with van der Waals surface area (Å²) in [5.41, 5.74) is 0.858. The number of hydrogen-bond donors (Lipinski definition) is 2. The lowest BCUT2D eigenvalue weighted by atomic mass is 10.0. The van der Waals surface area contributed by atoms with Gasteiger partial charge in [0, 0.05) is 12.4 Å². The van der Waals surface area contributed by atoms with Gasteiger partial charge in [-0.15, -0.1) is 11.3 Å². The molecule has 0 saturated carbocycles. The van der Waals surface area contributed by atoms with E-state index in [4.69, 9.17) is 5.11 Å². The van der Waals surface area contributed by atoms with Gasteiger partial charge in [0.2, 0.25) is 0 Å². The highest BCUT2D eigenvalue weighted by molar-refractivity contribution is 7.20. The van der Waals surface area contributed by atoms with Crippen LogP contribution in [0.2, 0.25) is 0 Å². The highest BCUT2D eigenvalue weighted by atomic mass is 32.1. The number of rotatable bonds is 4. The first-order chi connectivity index (χ1) is 9.31. The molecule has 0 aliphatic heterocycles. The van der Waals surface area contributed by atoms with Crippen molar-refractivity contribution in [3.63, 3.8) is 0 Å². The van der Waals surface area contributed by atoms with E-state index in [0.717, 1.165) is 15.9 Å². The van der Waals surface area contributed by atoms with Crippen molar-refractivity contribution in [1.82, 2.24) is 15.1 Å². The Bertz CT molecular complexity index is 637. The Morgan fingerprint density at radius 3 is 2.60 bits per heavy atom. The Balaban J connectivity index is 2.27. The van der Waals surface area contributed by atoms with E-state index in [2.05, 4.69) is 10.4 Å².